The molecule has 0 aliphatic heterocycles. The fraction of sp³-hybridized carbons (Fsp3) is 0.267. The van der Waals surface area contributed by atoms with Crippen molar-refractivity contribution in [3.8, 4) is 11.1 Å². The normalized spacial score (nSPS) is 11.3. The Morgan fingerprint density at radius 3 is 2.67 bits per heavy atom. The lowest BCUT2D eigenvalue weighted by molar-refractivity contribution is 0.0566. The van der Waals surface area contributed by atoms with Crippen molar-refractivity contribution in [2.75, 3.05) is 6.54 Å². The molecular weight excluding hydrogens is 388 g/mol. The van der Waals surface area contributed by atoms with Crippen molar-refractivity contribution in [3.63, 3.8) is 0 Å². The first kappa shape index (κ1) is 19.0. The Balaban J connectivity index is 1.76. The number of hydrogen-bond donors (Lipinski definition) is 1. The molecule has 0 saturated heterocycles. The van der Waals surface area contributed by atoms with E-state index >= 15 is 0 Å². The third kappa shape index (κ3) is 4.17. The minimum absolute atomic E-state index is 0.173. The Bertz CT molecular complexity index is 1010. The van der Waals surface area contributed by atoms with Crippen LogP contribution in [-0.4, -0.2) is 30.7 Å². The van der Waals surface area contributed by atoms with E-state index in [4.69, 9.17) is 5.73 Å². The van der Waals surface area contributed by atoms with Crippen LogP contribution in [0.25, 0.3) is 11.1 Å². The van der Waals surface area contributed by atoms with E-state index in [1.54, 1.807) is 11.4 Å². The molecule has 0 amide bonds. The largest absolute Gasteiger partial charge is 0.346 e. The average Bonchev–Trinajstić information content (AvgIpc) is 3.34. The Labute approximate surface area is 153 Å². The van der Waals surface area contributed by atoms with Crippen molar-refractivity contribution >= 4 is 11.3 Å². The van der Waals surface area contributed by atoms with Crippen molar-refractivity contribution in [1.82, 2.24) is 24.1 Å². The van der Waals surface area contributed by atoms with Crippen LogP contribution in [0.15, 0.2) is 46.6 Å². The van der Waals surface area contributed by atoms with E-state index in [0.29, 0.717) is 15.8 Å². The summed E-state index contributed by atoms with van der Waals surface area (Å²) < 4.78 is 53.3. The number of rotatable bonds is 7. The van der Waals surface area contributed by atoms with Crippen LogP contribution in [0.1, 0.15) is 11.4 Å². The van der Waals surface area contributed by atoms with E-state index in [-0.39, 0.29) is 25.2 Å². The summed E-state index contributed by atoms with van der Waals surface area (Å²) in [4.78, 5) is 13.0. The van der Waals surface area contributed by atoms with Crippen molar-refractivity contribution in [2.24, 2.45) is 5.73 Å². The molecule has 0 saturated carbocycles. The van der Waals surface area contributed by atoms with Gasteiger partial charge < -0.3 is 5.73 Å². The zero-order chi connectivity index (χ0) is 19.6. The maximum absolute atomic E-state index is 12.7. The molecule has 0 radical (unpaired) electrons. The van der Waals surface area contributed by atoms with E-state index in [0.717, 1.165) is 9.56 Å². The highest BCUT2D eigenvalue weighted by Crippen LogP contribution is 2.26. The minimum atomic E-state index is -2.72. The van der Waals surface area contributed by atoms with E-state index in [2.05, 4.69) is 10.2 Å². The number of thiophene rings is 1. The van der Waals surface area contributed by atoms with Gasteiger partial charge in [0.15, 0.2) is 0 Å². The fourth-order valence-corrected chi connectivity index (χ4v) is 3.24. The summed E-state index contributed by atoms with van der Waals surface area (Å²) >= 11 is 1.33. The molecule has 0 bridgehead atoms. The molecule has 3 rings (SSSR count). The van der Waals surface area contributed by atoms with Gasteiger partial charge in [0.25, 0.3) is 6.08 Å². The number of alkyl halides is 2. The Kier molecular flexibility index (Phi) is 5.56. The van der Waals surface area contributed by atoms with Crippen LogP contribution in [-0.2, 0) is 13.1 Å². The summed E-state index contributed by atoms with van der Waals surface area (Å²) in [5.41, 5.74) is 5.54. The maximum atomic E-state index is 12.7. The Morgan fingerprint density at radius 2 is 2.04 bits per heavy atom. The second-order valence-corrected chi connectivity index (χ2v) is 6.55. The summed E-state index contributed by atoms with van der Waals surface area (Å²) in [7, 11) is 0. The van der Waals surface area contributed by atoms with Gasteiger partial charge in [-0.1, -0.05) is 0 Å². The van der Waals surface area contributed by atoms with Crippen LogP contribution >= 0.6 is 11.3 Å². The van der Waals surface area contributed by atoms with Crippen LogP contribution in [0.4, 0.5) is 17.6 Å². The highest BCUT2D eigenvalue weighted by Gasteiger charge is 2.13. The molecule has 27 heavy (non-hydrogen) atoms. The molecule has 0 spiro atoms. The average molecular weight is 402 g/mol. The Morgan fingerprint density at radius 1 is 1.26 bits per heavy atom. The molecule has 0 aliphatic rings. The van der Waals surface area contributed by atoms with Gasteiger partial charge in [0, 0.05) is 28.8 Å². The van der Waals surface area contributed by atoms with Crippen molar-refractivity contribution in [2.45, 2.75) is 19.6 Å². The first-order valence-electron chi connectivity index (χ1n) is 7.64. The Hall–Kier alpha value is -2.73. The number of halogens is 4. The molecule has 3 aromatic rings. The topological polar surface area (TPSA) is 83.7 Å². The van der Waals surface area contributed by atoms with E-state index in [9.17, 15) is 22.4 Å². The van der Waals surface area contributed by atoms with Crippen LogP contribution in [0.3, 0.4) is 0 Å². The van der Waals surface area contributed by atoms with E-state index < -0.39 is 18.3 Å². The van der Waals surface area contributed by atoms with Gasteiger partial charge in [0.2, 0.25) is 0 Å². The van der Waals surface area contributed by atoms with Crippen molar-refractivity contribution in [1.29, 1.82) is 0 Å². The van der Waals surface area contributed by atoms with Gasteiger partial charge in [0.05, 0.1) is 19.3 Å². The molecule has 3 heterocycles. The highest BCUT2D eigenvalue weighted by atomic mass is 32.1. The molecule has 2 N–H and O–H groups in total. The van der Waals surface area contributed by atoms with Crippen LogP contribution in [0.5, 0.6) is 0 Å². The lowest BCUT2D eigenvalue weighted by Crippen LogP contribution is -2.27. The first-order chi connectivity index (χ1) is 12.9. The number of nitrogens with two attached hydrogens (primary N) is 1. The van der Waals surface area contributed by atoms with Crippen LogP contribution < -0.4 is 11.4 Å². The van der Waals surface area contributed by atoms with Crippen LogP contribution in [0.2, 0.25) is 0 Å². The van der Waals surface area contributed by atoms with Gasteiger partial charge in [-0.15, -0.1) is 11.3 Å². The summed E-state index contributed by atoms with van der Waals surface area (Å²) in [6.45, 7) is -3.30. The molecule has 3 aromatic heterocycles. The molecule has 0 fully saturated rings. The second kappa shape index (κ2) is 7.88. The summed E-state index contributed by atoms with van der Waals surface area (Å²) in [6.07, 6.45) is 1.88. The van der Waals surface area contributed by atoms with Crippen molar-refractivity contribution in [3.05, 3.63) is 57.2 Å². The van der Waals surface area contributed by atoms with Gasteiger partial charge in [-0.3, -0.25) is 4.57 Å². The molecule has 0 aromatic carbocycles. The highest BCUT2D eigenvalue weighted by molar-refractivity contribution is 7.10. The monoisotopic (exact) mass is 402 g/mol. The predicted octanol–water partition coefficient (Wildman–Crippen LogP) is 2.52. The molecule has 0 unspecified atom stereocenters. The van der Waals surface area contributed by atoms with Gasteiger partial charge in [-0.2, -0.15) is 27.8 Å². The van der Waals surface area contributed by atoms with Gasteiger partial charge >= 0.3 is 12.2 Å². The fourth-order valence-electron chi connectivity index (χ4n) is 2.35. The van der Waals surface area contributed by atoms with Crippen molar-refractivity contribution < 1.29 is 17.6 Å². The zero-order valence-corrected chi connectivity index (χ0v) is 14.5. The molecule has 0 atom stereocenters. The summed E-state index contributed by atoms with van der Waals surface area (Å²) in [5, 5.41) is 9.16. The lowest BCUT2D eigenvalue weighted by Gasteiger charge is -2.02. The molecular formula is C15H14F4N6OS. The number of aromatic nitrogens is 5. The zero-order valence-electron chi connectivity index (χ0n) is 13.7. The molecule has 12 heteroatoms. The molecule has 7 nitrogen and oxygen atoms in total. The standard InChI is InChI=1S/C15H14F4N6OS/c16-13(17)10(2-20)4-25-15(26)23(8-22-25)6-12-1-9(7-27-12)11-3-21-24(5-11)14(18)19/h1,3,5,7-8,14H,2,4,6,20H2. The summed E-state index contributed by atoms with van der Waals surface area (Å²) in [5.74, 6) is 0. The van der Waals surface area contributed by atoms with Gasteiger partial charge in [-0.05, 0) is 17.0 Å². The smallest absolute Gasteiger partial charge is 0.327 e. The van der Waals surface area contributed by atoms with Crippen LogP contribution in [0, 0.1) is 0 Å². The van der Waals surface area contributed by atoms with E-state index in [1.165, 1.54) is 34.6 Å². The second-order valence-electron chi connectivity index (χ2n) is 5.56. The van der Waals surface area contributed by atoms with Gasteiger partial charge in [-0.25, -0.2) is 14.2 Å². The SMILES string of the molecule is NCC(Cn1ncn(Cc2cc(-c3cnn(C(F)F)c3)cs2)c1=O)=C(F)F. The minimum Gasteiger partial charge on any atom is -0.327 e. The number of hydrogen-bond acceptors (Lipinski definition) is 5. The third-order valence-corrected chi connectivity index (χ3v) is 4.69. The maximum Gasteiger partial charge on any atom is 0.346 e. The molecule has 0 aliphatic carbocycles. The summed E-state index contributed by atoms with van der Waals surface area (Å²) in [6, 6.07) is 1.74. The molecule has 144 valence electrons. The quantitative estimate of drug-likeness (QED) is 0.616. The van der Waals surface area contributed by atoms with E-state index in [1.807, 2.05) is 0 Å². The number of nitrogens with zero attached hydrogens (tertiary/aromatic N) is 5. The third-order valence-electron chi connectivity index (χ3n) is 3.77. The predicted molar refractivity (Wildman–Crippen MR) is 90.7 cm³/mol. The van der Waals surface area contributed by atoms with Gasteiger partial charge in [0.1, 0.15) is 6.33 Å². The lowest BCUT2D eigenvalue weighted by atomic mass is 10.2. The first-order valence-corrected chi connectivity index (χ1v) is 8.52.